The topological polar surface area (TPSA) is 67.1 Å². The lowest BCUT2D eigenvalue weighted by Crippen LogP contribution is -2.19. The third-order valence-electron chi connectivity index (χ3n) is 4.90. The number of aromatic nitrogens is 2. The number of carbonyl (C=O) groups is 1. The summed E-state index contributed by atoms with van der Waals surface area (Å²) in [6, 6.07) is 16.0. The maximum Gasteiger partial charge on any atom is 0.224 e. The number of fused-ring (bicyclic) bond motifs is 1. The molecule has 0 bridgehead atoms. The molecule has 1 unspecified atom stereocenters. The first kappa shape index (κ1) is 18.8. The Kier molecular flexibility index (Phi) is 5.78. The highest BCUT2D eigenvalue weighted by atomic mass is 32.2. The van der Waals surface area contributed by atoms with Gasteiger partial charge in [-0.2, -0.15) is 0 Å². The summed E-state index contributed by atoms with van der Waals surface area (Å²) in [7, 11) is 0. The summed E-state index contributed by atoms with van der Waals surface area (Å²) in [6.45, 7) is 0. The molecule has 144 valence electrons. The lowest BCUT2D eigenvalue weighted by Gasteiger charge is -2.19. The number of aliphatic hydroxyl groups is 1. The monoisotopic (exact) mass is 393 g/mol. The van der Waals surface area contributed by atoms with Crippen molar-refractivity contribution in [3.8, 4) is 5.69 Å². The SMILES string of the molecule is O=C1CCc2cc(C(O)CCCSc3nccn3-c3ccccc3)ccc2N1. The van der Waals surface area contributed by atoms with Crippen LogP contribution in [0.15, 0.2) is 66.1 Å². The maximum atomic E-state index is 11.5. The second kappa shape index (κ2) is 8.63. The Hall–Kier alpha value is -2.57. The minimum atomic E-state index is -0.489. The van der Waals surface area contributed by atoms with Crippen LogP contribution in [0.5, 0.6) is 0 Å². The second-order valence-electron chi connectivity index (χ2n) is 6.89. The molecular weight excluding hydrogens is 370 g/mol. The van der Waals surface area contributed by atoms with Crippen LogP contribution in [-0.2, 0) is 11.2 Å². The van der Waals surface area contributed by atoms with Crippen molar-refractivity contribution in [2.24, 2.45) is 0 Å². The van der Waals surface area contributed by atoms with E-state index in [9.17, 15) is 9.90 Å². The maximum absolute atomic E-state index is 11.5. The molecule has 1 atom stereocenters. The fourth-order valence-corrected chi connectivity index (χ4v) is 4.33. The van der Waals surface area contributed by atoms with Gasteiger partial charge in [0.15, 0.2) is 5.16 Å². The van der Waals surface area contributed by atoms with Gasteiger partial charge in [0.05, 0.1) is 6.10 Å². The van der Waals surface area contributed by atoms with Crippen molar-refractivity contribution in [3.05, 3.63) is 72.1 Å². The summed E-state index contributed by atoms with van der Waals surface area (Å²) in [5, 5.41) is 14.4. The number of para-hydroxylation sites is 1. The van der Waals surface area contributed by atoms with Crippen LogP contribution in [0.2, 0.25) is 0 Å². The number of nitrogens with zero attached hydrogens (tertiary/aromatic N) is 2. The van der Waals surface area contributed by atoms with Crippen molar-refractivity contribution in [3.63, 3.8) is 0 Å². The molecule has 1 aliphatic heterocycles. The van der Waals surface area contributed by atoms with E-state index in [1.54, 1.807) is 11.8 Å². The summed E-state index contributed by atoms with van der Waals surface area (Å²) in [6.07, 6.45) is 6.13. The third-order valence-corrected chi connectivity index (χ3v) is 5.96. The average molecular weight is 394 g/mol. The zero-order valence-corrected chi connectivity index (χ0v) is 16.4. The van der Waals surface area contributed by atoms with Crippen LogP contribution >= 0.6 is 11.8 Å². The normalized spacial score (nSPS) is 14.4. The summed E-state index contributed by atoms with van der Waals surface area (Å²) in [4.78, 5) is 15.9. The Balaban J connectivity index is 1.30. The van der Waals surface area contributed by atoms with Crippen LogP contribution in [0.1, 0.15) is 36.5 Å². The van der Waals surface area contributed by atoms with Gasteiger partial charge in [0.1, 0.15) is 0 Å². The summed E-state index contributed by atoms with van der Waals surface area (Å²) in [5.74, 6) is 0.953. The van der Waals surface area contributed by atoms with Crippen LogP contribution in [0.3, 0.4) is 0 Å². The van der Waals surface area contributed by atoms with Crippen LogP contribution in [-0.4, -0.2) is 26.3 Å². The number of aryl methyl sites for hydroxylation is 1. The predicted octanol–water partition coefficient (Wildman–Crippen LogP) is 4.36. The Morgan fingerprint density at radius 1 is 1.18 bits per heavy atom. The van der Waals surface area contributed by atoms with Crippen LogP contribution in [0, 0.1) is 0 Å². The van der Waals surface area contributed by atoms with E-state index in [1.165, 1.54) is 0 Å². The molecule has 28 heavy (non-hydrogen) atoms. The number of hydrogen-bond acceptors (Lipinski definition) is 4. The van der Waals surface area contributed by atoms with Gasteiger partial charge in [-0.05, 0) is 48.6 Å². The Morgan fingerprint density at radius 3 is 2.89 bits per heavy atom. The number of hydrogen-bond donors (Lipinski definition) is 2. The molecular formula is C22H23N3O2S. The highest BCUT2D eigenvalue weighted by Gasteiger charge is 2.17. The molecule has 0 radical (unpaired) electrons. The van der Waals surface area contributed by atoms with Crippen molar-refractivity contribution in [2.45, 2.75) is 36.9 Å². The van der Waals surface area contributed by atoms with Crippen LogP contribution in [0.25, 0.3) is 5.69 Å². The Bertz CT molecular complexity index is 955. The molecule has 0 spiro atoms. The number of benzene rings is 2. The second-order valence-corrected chi connectivity index (χ2v) is 7.95. The molecule has 1 amide bonds. The number of amides is 1. The molecule has 6 heteroatoms. The summed E-state index contributed by atoms with van der Waals surface area (Å²) >= 11 is 1.70. The quantitative estimate of drug-likeness (QED) is 0.462. The van der Waals surface area contributed by atoms with Crippen molar-refractivity contribution in [1.82, 2.24) is 9.55 Å². The lowest BCUT2D eigenvalue weighted by atomic mass is 9.97. The lowest BCUT2D eigenvalue weighted by molar-refractivity contribution is -0.116. The van der Waals surface area contributed by atoms with Crippen LogP contribution < -0.4 is 5.32 Å². The number of anilines is 1. The fourth-order valence-electron chi connectivity index (χ4n) is 3.40. The smallest absolute Gasteiger partial charge is 0.224 e. The summed E-state index contributed by atoms with van der Waals surface area (Å²) < 4.78 is 2.08. The number of thioether (sulfide) groups is 1. The third kappa shape index (κ3) is 4.29. The molecule has 5 nitrogen and oxygen atoms in total. The molecule has 3 aromatic rings. The van der Waals surface area contributed by atoms with E-state index in [1.807, 2.05) is 48.8 Å². The van der Waals surface area contributed by atoms with Gasteiger partial charge in [-0.1, -0.05) is 42.1 Å². The van der Waals surface area contributed by atoms with Crippen molar-refractivity contribution >= 4 is 23.4 Å². The molecule has 2 heterocycles. The molecule has 1 aliphatic rings. The van der Waals surface area contributed by atoms with Gasteiger partial charge in [0.25, 0.3) is 0 Å². The molecule has 0 aliphatic carbocycles. The minimum absolute atomic E-state index is 0.0617. The van der Waals surface area contributed by atoms with E-state index < -0.39 is 6.10 Å². The first-order valence-corrected chi connectivity index (χ1v) is 10.5. The number of rotatable bonds is 7. The van der Waals surface area contributed by atoms with Crippen molar-refractivity contribution in [2.75, 3.05) is 11.1 Å². The molecule has 0 saturated carbocycles. The fraction of sp³-hybridized carbons (Fsp3) is 0.273. The average Bonchev–Trinajstić information content (AvgIpc) is 3.20. The van der Waals surface area contributed by atoms with Gasteiger partial charge in [-0.25, -0.2) is 4.98 Å². The highest BCUT2D eigenvalue weighted by Crippen LogP contribution is 2.29. The van der Waals surface area contributed by atoms with E-state index >= 15 is 0 Å². The number of aliphatic hydroxyl groups excluding tert-OH is 1. The Morgan fingerprint density at radius 2 is 2.04 bits per heavy atom. The standard InChI is InChI=1S/C22H23N3O2S/c26-20(17-8-10-19-16(15-17)9-11-21(27)24-19)7-4-14-28-22-23-12-13-25(22)18-5-2-1-3-6-18/h1-3,5-6,8,10,12-13,15,20,26H,4,7,9,11,14H2,(H,24,27). The van der Waals surface area contributed by atoms with Gasteiger partial charge in [0, 0.05) is 35.9 Å². The van der Waals surface area contributed by atoms with E-state index in [0.29, 0.717) is 12.8 Å². The number of nitrogens with one attached hydrogen (secondary N) is 1. The van der Waals surface area contributed by atoms with Gasteiger partial charge in [-0.3, -0.25) is 9.36 Å². The van der Waals surface area contributed by atoms with E-state index in [2.05, 4.69) is 27.0 Å². The van der Waals surface area contributed by atoms with Crippen molar-refractivity contribution < 1.29 is 9.90 Å². The molecule has 1 aromatic heterocycles. The largest absolute Gasteiger partial charge is 0.388 e. The van der Waals surface area contributed by atoms with Gasteiger partial charge in [-0.15, -0.1) is 0 Å². The zero-order valence-electron chi connectivity index (χ0n) is 15.5. The highest BCUT2D eigenvalue weighted by molar-refractivity contribution is 7.99. The molecule has 0 saturated heterocycles. The van der Waals surface area contributed by atoms with E-state index in [-0.39, 0.29) is 5.91 Å². The Labute approximate surface area is 168 Å². The zero-order chi connectivity index (χ0) is 19.3. The van der Waals surface area contributed by atoms with Gasteiger partial charge in [0.2, 0.25) is 5.91 Å². The minimum Gasteiger partial charge on any atom is -0.388 e. The van der Waals surface area contributed by atoms with Crippen LogP contribution in [0.4, 0.5) is 5.69 Å². The summed E-state index contributed by atoms with van der Waals surface area (Å²) in [5.41, 5.74) is 4.00. The van der Waals surface area contributed by atoms with Gasteiger partial charge >= 0.3 is 0 Å². The number of carbonyl (C=O) groups excluding carboxylic acids is 1. The van der Waals surface area contributed by atoms with E-state index in [4.69, 9.17) is 0 Å². The molecule has 2 aromatic carbocycles. The van der Waals surface area contributed by atoms with Gasteiger partial charge < -0.3 is 10.4 Å². The first-order chi connectivity index (χ1) is 13.7. The first-order valence-electron chi connectivity index (χ1n) is 9.53. The van der Waals surface area contributed by atoms with Crippen molar-refractivity contribution in [1.29, 1.82) is 0 Å². The van der Waals surface area contributed by atoms with E-state index in [0.717, 1.165) is 46.3 Å². The molecule has 2 N–H and O–H groups in total. The molecule has 4 rings (SSSR count). The predicted molar refractivity (Wildman–Crippen MR) is 112 cm³/mol. The molecule has 0 fully saturated rings. The number of imidazole rings is 1.